The molecule has 25 heavy (non-hydrogen) atoms. The first-order valence-electron chi connectivity index (χ1n) is 8.23. The molecule has 2 N–H and O–H groups in total. The van der Waals surface area contributed by atoms with Crippen LogP contribution in [0.2, 0.25) is 0 Å². The molecule has 3 amide bonds. The molecule has 2 aliphatic carbocycles. The van der Waals surface area contributed by atoms with Crippen molar-refractivity contribution in [3.8, 4) is 5.75 Å². The molecule has 2 bridgehead atoms. The number of nitrogens with one attached hydrogen (secondary N) is 1. The molecule has 0 unspecified atom stereocenters. The third kappa shape index (κ3) is 2.50. The number of likely N-dealkylation sites (tertiary alicyclic amines) is 1. The van der Waals surface area contributed by atoms with Gasteiger partial charge in [0.05, 0.1) is 11.8 Å². The maximum atomic E-state index is 13.3. The summed E-state index contributed by atoms with van der Waals surface area (Å²) in [5.74, 6) is -2.65. The highest BCUT2D eigenvalue weighted by Crippen LogP contribution is 2.52. The molecule has 1 heterocycles. The number of carbonyl (C=O) groups excluding carboxylic acids is 3. The molecule has 1 saturated carbocycles. The number of hydrogen-bond donors (Lipinski definition) is 2. The number of amides is 3. The van der Waals surface area contributed by atoms with E-state index >= 15 is 0 Å². The fraction of sp³-hybridized carbons (Fsp3) is 0.389. The summed E-state index contributed by atoms with van der Waals surface area (Å²) in [6, 6.07) is 3.81. The summed E-state index contributed by atoms with van der Waals surface area (Å²) in [4.78, 5) is 38.1. The number of nitrogens with zero attached hydrogens (tertiary/aromatic N) is 1. The van der Waals surface area contributed by atoms with Gasteiger partial charge in [-0.2, -0.15) is 0 Å². The van der Waals surface area contributed by atoms with E-state index < -0.39 is 17.5 Å². The third-order valence-corrected chi connectivity index (χ3v) is 5.37. The van der Waals surface area contributed by atoms with Crippen LogP contribution in [-0.4, -0.2) is 34.3 Å². The van der Waals surface area contributed by atoms with Crippen molar-refractivity contribution >= 4 is 17.7 Å². The van der Waals surface area contributed by atoms with Crippen molar-refractivity contribution in [1.82, 2.24) is 10.2 Å². The van der Waals surface area contributed by atoms with Crippen molar-refractivity contribution in [2.45, 2.75) is 13.0 Å². The lowest BCUT2D eigenvalue weighted by Crippen LogP contribution is -2.41. The Morgan fingerprint density at radius 2 is 1.84 bits per heavy atom. The number of phenols is 1. The molecular weight excluding hydrogens is 327 g/mol. The molecule has 2 fully saturated rings. The van der Waals surface area contributed by atoms with Crippen molar-refractivity contribution in [3.05, 3.63) is 41.7 Å². The Hall–Kier alpha value is -2.70. The Balaban J connectivity index is 1.37. The van der Waals surface area contributed by atoms with Crippen molar-refractivity contribution in [1.29, 1.82) is 0 Å². The number of carbonyl (C=O) groups is 3. The fourth-order valence-corrected chi connectivity index (χ4v) is 4.18. The molecule has 3 aliphatic rings. The molecule has 4 rings (SSSR count). The number of imide groups is 1. The quantitative estimate of drug-likeness (QED) is 0.629. The average Bonchev–Trinajstić information content (AvgIpc) is 3.26. The molecule has 7 heteroatoms. The normalized spacial score (nSPS) is 29.4. The van der Waals surface area contributed by atoms with Crippen LogP contribution in [0.5, 0.6) is 5.75 Å². The van der Waals surface area contributed by atoms with Gasteiger partial charge in [-0.25, -0.2) is 4.39 Å². The Morgan fingerprint density at radius 3 is 2.44 bits per heavy atom. The van der Waals surface area contributed by atoms with Crippen LogP contribution in [0.3, 0.4) is 0 Å². The van der Waals surface area contributed by atoms with Gasteiger partial charge in [0.2, 0.25) is 17.7 Å². The fourth-order valence-electron chi connectivity index (χ4n) is 4.18. The molecule has 0 spiro atoms. The number of phenolic OH excluding ortho intramolecular Hbond substituents is 1. The second-order valence-corrected chi connectivity index (χ2v) is 6.82. The molecule has 0 radical (unpaired) electrons. The van der Waals surface area contributed by atoms with Crippen LogP contribution < -0.4 is 5.32 Å². The van der Waals surface area contributed by atoms with E-state index in [9.17, 15) is 18.8 Å². The van der Waals surface area contributed by atoms with Gasteiger partial charge in [0.1, 0.15) is 6.54 Å². The zero-order valence-electron chi connectivity index (χ0n) is 13.3. The van der Waals surface area contributed by atoms with E-state index in [0.29, 0.717) is 5.56 Å². The number of fused-ring (bicyclic) bond motifs is 5. The van der Waals surface area contributed by atoms with Gasteiger partial charge in [-0.3, -0.25) is 19.3 Å². The summed E-state index contributed by atoms with van der Waals surface area (Å²) < 4.78 is 13.3. The predicted molar refractivity (Wildman–Crippen MR) is 84.3 cm³/mol. The van der Waals surface area contributed by atoms with Gasteiger partial charge in [0.25, 0.3) is 0 Å². The smallest absolute Gasteiger partial charge is 0.240 e. The van der Waals surface area contributed by atoms with Crippen molar-refractivity contribution < 1.29 is 23.9 Å². The first kappa shape index (κ1) is 15.8. The van der Waals surface area contributed by atoms with Crippen LogP contribution >= 0.6 is 0 Å². The lowest BCUT2D eigenvalue weighted by molar-refractivity contribution is -0.144. The number of hydrogen-bond acceptors (Lipinski definition) is 4. The lowest BCUT2D eigenvalue weighted by atomic mass is 9.85. The second-order valence-electron chi connectivity index (χ2n) is 6.82. The maximum absolute atomic E-state index is 13.3. The summed E-state index contributed by atoms with van der Waals surface area (Å²) in [6.45, 7) is -0.267. The standard InChI is InChI=1S/C18H17FN2O4/c19-12-5-9(1-4-13(12)22)7-20-14(23)8-21-17(24)15-10-2-3-11(6-10)16(15)18(21)25/h1-5,10-11,15-16,22H,6-8H2,(H,20,23)/t10-,11-,15-,16+/m0/s1. The molecule has 0 aromatic heterocycles. The van der Waals surface area contributed by atoms with E-state index in [1.54, 1.807) is 0 Å². The van der Waals surface area contributed by atoms with Crippen molar-refractivity contribution in [3.63, 3.8) is 0 Å². The Morgan fingerprint density at radius 1 is 1.20 bits per heavy atom. The monoisotopic (exact) mass is 344 g/mol. The second kappa shape index (κ2) is 5.68. The Kier molecular flexibility index (Phi) is 3.59. The first-order chi connectivity index (χ1) is 12.0. The highest BCUT2D eigenvalue weighted by molar-refractivity contribution is 6.08. The minimum Gasteiger partial charge on any atom is -0.505 e. The molecule has 1 saturated heterocycles. The average molecular weight is 344 g/mol. The van der Waals surface area contributed by atoms with Gasteiger partial charge in [-0.15, -0.1) is 0 Å². The highest BCUT2D eigenvalue weighted by Gasteiger charge is 2.59. The number of rotatable bonds is 4. The number of halogens is 1. The van der Waals surface area contributed by atoms with E-state index in [-0.39, 0.29) is 48.6 Å². The maximum Gasteiger partial charge on any atom is 0.240 e. The van der Waals surface area contributed by atoms with Crippen LogP contribution in [0.15, 0.2) is 30.4 Å². The van der Waals surface area contributed by atoms with Gasteiger partial charge in [-0.1, -0.05) is 18.2 Å². The van der Waals surface area contributed by atoms with E-state index in [4.69, 9.17) is 5.11 Å². The molecule has 1 aromatic carbocycles. The molecular formula is C18H17FN2O4. The lowest BCUT2D eigenvalue weighted by Gasteiger charge is -2.16. The summed E-state index contributed by atoms with van der Waals surface area (Å²) in [6.07, 6.45) is 4.85. The molecule has 1 aliphatic heterocycles. The van der Waals surface area contributed by atoms with Gasteiger partial charge in [-0.05, 0) is 36.0 Å². The van der Waals surface area contributed by atoms with Gasteiger partial charge in [0, 0.05) is 6.54 Å². The summed E-state index contributed by atoms with van der Waals surface area (Å²) in [5.41, 5.74) is 0.474. The zero-order chi connectivity index (χ0) is 17.7. The van der Waals surface area contributed by atoms with E-state index in [0.717, 1.165) is 17.4 Å². The zero-order valence-corrected chi connectivity index (χ0v) is 13.3. The number of benzene rings is 1. The van der Waals surface area contributed by atoms with E-state index in [1.165, 1.54) is 12.1 Å². The van der Waals surface area contributed by atoms with Crippen LogP contribution in [0.1, 0.15) is 12.0 Å². The summed E-state index contributed by atoms with van der Waals surface area (Å²) >= 11 is 0. The minimum atomic E-state index is -0.771. The van der Waals surface area contributed by atoms with Gasteiger partial charge < -0.3 is 10.4 Å². The van der Waals surface area contributed by atoms with Crippen LogP contribution in [0.25, 0.3) is 0 Å². The van der Waals surface area contributed by atoms with E-state index in [2.05, 4.69) is 5.32 Å². The van der Waals surface area contributed by atoms with Crippen LogP contribution in [0, 0.1) is 29.5 Å². The molecule has 6 nitrogen and oxygen atoms in total. The van der Waals surface area contributed by atoms with Gasteiger partial charge >= 0.3 is 0 Å². The van der Waals surface area contributed by atoms with Crippen molar-refractivity contribution in [2.75, 3.05) is 6.54 Å². The Labute approximate surface area is 143 Å². The first-order valence-corrected chi connectivity index (χ1v) is 8.23. The summed E-state index contributed by atoms with van der Waals surface area (Å²) in [7, 11) is 0. The van der Waals surface area contributed by atoms with Crippen molar-refractivity contribution in [2.24, 2.45) is 23.7 Å². The largest absolute Gasteiger partial charge is 0.505 e. The van der Waals surface area contributed by atoms with Gasteiger partial charge in [0.15, 0.2) is 11.6 Å². The summed E-state index contributed by atoms with van der Waals surface area (Å²) in [5, 5.41) is 11.7. The van der Waals surface area contributed by atoms with Crippen LogP contribution in [-0.2, 0) is 20.9 Å². The highest BCUT2D eigenvalue weighted by atomic mass is 19.1. The number of allylic oxidation sites excluding steroid dienone is 2. The molecule has 1 aromatic rings. The van der Waals surface area contributed by atoms with E-state index in [1.807, 2.05) is 12.2 Å². The molecule has 4 atom stereocenters. The minimum absolute atomic E-state index is 0.0475. The number of aromatic hydroxyl groups is 1. The topological polar surface area (TPSA) is 86.7 Å². The SMILES string of the molecule is O=C(CN1C(=O)[C@@H]2[C@H](C1=O)[C@H]1C=C[C@H]2C1)NCc1ccc(O)c(F)c1. The third-order valence-electron chi connectivity index (χ3n) is 5.37. The van der Waals surface area contributed by atoms with Crippen LogP contribution in [0.4, 0.5) is 4.39 Å². The molecule has 130 valence electrons. The predicted octanol–water partition coefficient (Wildman–Crippen LogP) is 0.955. The Bertz CT molecular complexity index is 776.